The largest absolute Gasteiger partial charge is 0.346 e. The number of nitrogens with zero attached hydrogens (tertiary/aromatic N) is 3. The normalized spacial score (nSPS) is 27.2. The zero-order valence-corrected chi connectivity index (χ0v) is 9.47. The Morgan fingerprint density at radius 1 is 1.57 bits per heavy atom. The highest BCUT2D eigenvalue weighted by atomic mass is 32.1. The highest BCUT2D eigenvalue weighted by Crippen LogP contribution is 2.33. The van der Waals surface area contributed by atoms with E-state index in [1.54, 1.807) is 11.3 Å². The molecule has 0 aromatic carbocycles. The van der Waals surface area contributed by atoms with Crippen LogP contribution in [0.5, 0.6) is 0 Å². The molecule has 1 aliphatic heterocycles. The molecule has 1 fully saturated rings. The molecular weight excluding hydrogens is 196 g/mol. The predicted octanol–water partition coefficient (Wildman–Crippen LogP) is 1.02. The summed E-state index contributed by atoms with van der Waals surface area (Å²) in [5, 5.41) is 10.3. The molecule has 5 heteroatoms. The van der Waals surface area contributed by atoms with E-state index in [4.69, 9.17) is 5.73 Å². The lowest BCUT2D eigenvalue weighted by Crippen LogP contribution is -2.31. The Kier molecular flexibility index (Phi) is 2.45. The number of anilines is 1. The van der Waals surface area contributed by atoms with Gasteiger partial charge in [0.05, 0.1) is 0 Å². The van der Waals surface area contributed by atoms with Gasteiger partial charge in [-0.05, 0) is 25.3 Å². The first-order valence-corrected chi connectivity index (χ1v) is 5.70. The van der Waals surface area contributed by atoms with Crippen LogP contribution in [0.3, 0.4) is 0 Å². The molecule has 4 nitrogen and oxygen atoms in total. The molecule has 78 valence electrons. The van der Waals surface area contributed by atoms with Crippen LogP contribution in [-0.4, -0.2) is 29.8 Å². The Labute approximate surface area is 88.1 Å². The van der Waals surface area contributed by atoms with Crippen molar-refractivity contribution in [2.45, 2.75) is 20.3 Å². The van der Waals surface area contributed by atoms with Gasteiger partial charge in [-0.1, -0.05) is 18.3 Å². The Balaban J connectivity index is 2.09. The molecule has 1 aromatic rings. The topological polar surface area (TPSA) is 55.0 Å². The number of aryl methyl sites for hydroxylation is 1. The molecule has 0 bridgehead atoms. The van der Waals surface area contributed by atoms with Gasteiger partial charge in [-0.2, -0.15) is 0 Å². The van der Waals surface area contributed by atoms with E-state index >= 15 is 0 Å². The van der Waals surface area contributed by atoms with E-state index in [1.807, 2.05) is 6.92 Å². The maximum Gasteiger partial charge on any atom is 0.208 e. The number of hydrogen-bond acceptors (Lipinski definition) is 5. The van der Waals surface area contributed by atoms with E-state index in [1.165, 1.54) is 0 Å². The fourth-order valence-corrected chi connectivity index (χ4v) is 2.48. The van der Waals surface area contributed by atoms with E-state index in [9.17, 15) is 0 Å². The zero-order chi connectivity index (χ0) is 10.2. The summed E-state index contributed by atoms with van der Waals surface area (Å²) in [5.41, 5.74) is 6.02. The molecule has 2 N–H and O–H groups in total. The van der Waals surface area contributed by atoms with E-state index in [2.05, 4.69) is 22.0 Å². The van der Waals surface area contributed by atoms with E-state index in [0.29, 0.717) is 0 Å². The van der Waals surface area contributed by atoms with Gasteiger partial charge in [-0.3, -0.25) is 0 Å². The summed E-state index contributed by atoms with van der Waals surface area (Å²) in [6.45, 7) is 7.04. The summed E-state index contributed by atoms with van der Waals surface area (Å²) in [5.74, 6) is 0. The van der Waals surface area contributed by atoms with Gasteiger partial charge in [0.25, 0.3) is 0 Å². The van der Waals surface area contributed by atoms with Crippen molar-refractivity contribution in [3.05, 3.63) is 5.01 Å². The third-order valence-corrected chi connectivity index (χ3v) is 3.74. The van der Waals surface area contributed by atoms with E-state index in [0.717, 1.165) is 36.2 Å². The van der Waals surface area contributed by atoms with Gasteiger partial charge in [0.1, 0.15) is 5.01 Å². The van der Waals surface area contributed by atoms with Crippen molar-refractivity contribution in [2.75, 3.05) is 24.5 Å². The van der Waals surface area contributed by atoms with Crippen LogP contribution in [0.1, 0.15) is 18.4 Å². The highest BCUT2D eigenvalue weighted by molar-refractivity contribution is 7.15. The summed E-state index contributed by atoms with van der Waals surface area (Å²) in [7, 11) is 0. The van der Waals surface area contributed by atoms with Crippen molar-refractivity contribution >= 4 is 16.5 Å². The average molecular weight is 212 g/mol. The monoisotopic (exact) mass is 212 g/mol. The van der Waals surface area contributed by atoms with Gasteiger partial charge in [0.2, 0.25) is 5.13 Å². The lowest BCUT2D eigenvalue weighted by Gasteiger charge is -2.21. The summed E-state index contributed by atoms with van der Waals surface area (Å²) in [6, 6.07) is 0. The summed E-state index contributed by atoms with van der Waals surface area (Å²) >= 11 is 1.66. The van der Waals surface area contributed by atoms with Gasteiger partial charge in [-0.25, -0.2) is 0 Å². The van der Waals surface area contributed by atoms with Crippen LogP contribution < -0.4 is 10.6 Å². The summed E-state index contributed by atoms with van der Waals surface area (Å²) in [6.07, 6.45) is 1.15. The van der Waals surface area contributed by atoms with Crippen LogP contribution in [0.4, 0.5) is 5.13 Å². The molecule has 2 heterocycles. The SMILES string of the molecule is Cc1nnc(N2CCC(C)(CN)C2)s1. The molecule has 0 saturated carbocycles. The number of nitrogens with two attached hydrogens (primary N) is 1. The number of aromatic nitrogens is 2. The first-order chi connectivity index (χ1) is 6.63. The Morgan fingerprint density at radius 3 is 2.86 bits per heavy atom. The van der Waals surface area contributed by atoms with Gasteiger partial charge in [0.15, 0.2) is 0 Å². The molecule has 1 unspecified atom stereocenters. The van der Waals surface area contributed by atoms with Crippen molar-refractivity contribution in [1.82, 2.24) is 10.2 Å². The van der Waals surface area contributed by atoms with E-state index < -0.39 is 0 Å². The Hall–Kier alpha value is -0.680. The van der Waals surface area contributed by atoms with Crippen LogP contribution >= 0.6 is 11.3 Å². The van der Waals surface area contributed by atoms with Crippen LogP contribution in [0.2, 0.25) is 0 Å². The Bertz CT molecular complexity index is 324. The Morgan fingerprint density at radius 2 is 2.36 bits per heavy atom. The molecule has 14 heavy (non-hydrogen) atoms. The minimum Gasteiger partial charge on any atom is -0.346 e. The maximum atomic E-state index is 5.75. The first-order valence-electron chi connectivity index (χ1n) is 4.88. The molecule has 2 rings (SSSR count). The summed E-state index contributed by atoms with van der Waals surface area (Å²) in [4.78, 5) is 2.29. The standard InChI is InChI=1S/C9H16N4S/c1-7-11-12-8(14-7)13-4-3-9(2,5-10)6-13/h3-6,10H2,1-2H3. The second-order valence-electron chi connectivity index (χ2n) is 4.29. The summed E-state index contributed by atoms with van der Waals surface area (Å²) < 4.78 is 0. The van der Waals surface area contributed by atoms with Gasteiger partial charge in [0, 0.05) is 13.1 Å². The molecule has 1 aromatic heterocycles. The van der Waals surface area contributed by atoms with Crippen molar-refractivity contribution in [3.8, 4) is 0 Å². The molecular formula is C9H16N4S. The molecule has 1 atom stereocenters. The van der Waals surface area contributed by atoms with E-state index in [-0.39, 0.29) is 5.41 Å². The number of hydrogen-bond donors (Lipinski definition) is 1. The maximum absolute atomic E-state index is 5.75. The van der Waals surface area contributed by atoms with Crippen LogP contribution in [-0.2, 0) is 0 Å². The minimum atomic E-state index is 0.263. The molecule has 1 aliphatic rings. The lowest BCUT2D eigenvalue weighted by molar-refractivity contribution is 0.383. The van der Waals surface area contributed by atoms with Gasteiger partial charge in [-0.15, -0.1) is 10.2 Å². The van der Waals surface area contributed by atoms with Crippen LogP contribution in [0, 0.1) is 12.3 Å². The first kappa shape index (κ1) is 9.86. The number of rotatable bonds is 2. The fourth-order valence-electron chi connectivity index (χ4n) is 1.77. The minimum absolute atomic E-state index is 0.263. The second kappa shape index (κ2) is 3.47. The average Bonchev–Trinajstić information content (AvgIpc) is 2.73. The molecule has 0 radical (unpaired) electrons. The third kappa shape index (κ3) is 1.74. The predicted molar refractivity (Wildman–Crippen MR) is 58.6 cm³/mol. The second-order valence-corrected chi connectivity index (χ2v) is 5.45. The molecule has 0 amide bonds. The third-order valence-electron chi connectivity index (χ3n) is 2.84. The van der Waals surface area contributed by atoms with Crippen molar-refractivity contribution < 1.29 is 0 Å². The smallest absolute Gasteiger partial charge is 0.208 e. The molecule has 1 saturated heterocycles. The van der Waals surface area contributed by atoms with Crippen molar-refractivity contribution in [2.24, 2.45) is 11.1 Å². The molecule has 0 aliphatic carbocycles. The van der Waals surface area contributed by atoms with Gasteiger partial charge < -0.3 is 10.6 Å². The van der Waals surface area contributed by atoms with Crippen LogP contribution in [0.25, 0.3) is 0 Å². The highest BCUT2D eigenvalue weighted by Gasteiger charge is 2.33. The zero-order valence-electron chi connectivity index (χ0n) is 8.66. The van der Waals surface area contributed by atoms with Crippen molar-refractivity contribution in [1.29, 1.82) is 0 Å². The molecule has 0 spiro atoms. The van der Waals surface area contributed by atoms with Crippen LogP contribution in [0.15, 0.2) is 0 Å². The fraction of sp³-hybridized carbons (Fsp3) is 0.778. The van der Waals surface area contributed by atoms with Gasteiger partial charge >= 0.3 is 0 Å². The quantitative estimate of drug-likeness (QED) is 0.795. The lowest BCUT2D eigenvalue weighted by atomic mass is 9.90. The van der Waals surface area contributed by atoms with Crippen molar-refractivity contribution in [3.63, 3.8) is 0 Å².